The summed E-state index contributed by atoms with van der Waals surface area (Å²) in [7, 11) is 0. The minimum Gasteiger partial charge on any atom is -0.351 e. The molecule has 0 fully saturated rings. The van der Waals surface area contributed by atoms with Crippen LogP contribution in [0, 0.1) is 0 Å². The van der Waals surface area contributed by atoms with Crippen molar-refractivity contribution in [1.82, 2.24) is 10.6 Å². The summed E-state index contributed by atoms with van der Waals surface area (Å²) in [5, 5.41) is 6.24. The summed E-state index contributed by atoms with van der Waals surface area (Å²) in [5.41, 5.74) is -0.116. The Morgan fingerprint density at radius 2 is 1.88 bits per heavy atom. The Morgan fingerprint density at radius 3 is 2.44 bits per heavy atom. The molecule has 96 valence electrons. The Bertz CT molecular complexity index is 190. The third-order valence-corrected chi connectivity index (χ3v) is 2.69. The SMILES string of the molecule is CSCCCCNCCC(=O)NC(C)(C)C. The van der Waals surface area contributed by atoms with E-state index in [1.807, 2.05) is 32.5 Å². The molecule has 0 saturated carbocycles. The van der Waals surface area contributed by atoms with Gasteiger partial charge in [0.05, 0.1) is 0 Å². The highest BCUT2D eigenvalue weighted by atomic mass is 32.2. The molecule has 16 heavy (non-hydrogen) atoms. The number of hydrogen-bond donors (Lipinski definition) is 2. The van der Waals surface area contributed by atoms with Gasteiger partial charge in [0.2, 0.25) is 5.91 Å². The molecule has 0 saturated heterocycles. The van der Waals surface area contributed by atoms with Gasteiger partial charge in [-0.1, -0.05) is 0 Å². The highest BCUT2D eigenvalue weighted by Gasteiger charge is 2.12. The number of nitrogens with one attached hydrogen (secondary N) is 2. The van der Waals surface area contributed by atoms with Gasteiger partial charge in [0, 0.05) is 18.5 Å². The summed E-state index contributed by atoms with van der Waals surface area (Å²) in [6.07, 6.45) is 5.15. The summed E-state index contributed by atoms with van der Waals surface area (Å²) in [5.74, 6) is 1.36. The predicted molar refractivity (Wildman–Crippen MR) is 73.0 cm³/mol. The number of hydrogen-bond acceptors (Lipinski definition) is 3. The molecule has 0 aromatic carbocycles. The molecule has 0 heterocycles. The third-order valence-electron chi connectivity index (χ3n) is 2.00. The van der Waals surface area contributed by atoms with Gasteiger partial charge in [-0.05, 0) is 52.2 Å². The topological polar surface area (TPSA) is 41.1 Å². The van der Waals surface area contributed by atoms with Crippen molar-refractivity contribution in [2.45, 2.75) is 45.6 Å². The molecule has 4 heteroatoms. The summed E-state index contributed by atoms with van der Waals surface area (Å²) >= 11 is 1.88. The second-order valence-electron chi connectivity index (χ2n) is 5.00. The minimum atomic E-state index is -0.116. The van der Waals surface area contributed by atoms with Gasteiger partial charge in [0.15, 0.2) is 0 Å². The van der Waals surface area contributed by atoms with Crippen LogP contribution in [-0.2, 0) is 4.79 Å². The van der Waals surface area contributed by atoms with E-state index in [-0.39, 0.29) is 11.4 Å². The Hall–Kier alpha value is -0.220. The smallest absolute Gasteiger partial charge is 0.221 e. The van der Waals surface area contributed by atoms with Crippen molar-refractivity contribution in [2.24, 2.45) is 0 Å². The Morgan fingerprint density at radius 1 is 1.19 bits per heavy atom. The van der Waals surface area contributed by atoms with Crippen LogP contribution in [0.4, 0.5) is 0 Å². The molecular weight excluding hydrogens is 220 g/mol. The van der Waals surface area contributed by atoms with Crippen LogP contribution >= 0.6 is 11.8 Å². The molecule has 0 unspecified atom stereocenters. The molecule has 0 aromatic rings. The first-order chi connectivity index (χ1) is 7.45. The minimum absolute atomic E-state index is 0.116. The van der Waals surface area contributed by atoms with Crippen LogP contribution in [0.2, 0.25) is 0 Å². The average Bonchev–Trinajstić information content (AvgIpc) is 2.13. The number of carbonyl (C=O) groups is 1. The zero-order chi connectivity index (χ0) is 12.4. The van der Waals surface area contributed by atoms with Crippen LogP contribution in [0.25, 0.3) is 0 Å². The van der Waals surface area contributed by atoms with E-state index in [0.717, 1.165) is 13.1 Å². The van der Waals surface area contributed by atoms with Crippen molar-refractivity contribution >= 4 is 17.7 Å². The molecule has 0 aliphatic heterocycles. The van der Waals surface area contributed by atoms with E-state index in [1.165, 1.54) is 18.6 Å². The summed E-state index contributed by atoms with van der Waals surface area (Å²) in [6.45, 7) is 7.80. The fourth-order valence-corrected chi connectivity index (χ4v) is 1.80. The number of carbonyl (C=O) groups excluding carboxylic acids is 1. The Kier molecular flexibility index (Phi) is 8.76. The molecule has 0 radical (unpaired) electrons. The normalized spacial score (nSPS) is 11.5. The van der Waals surface area contributed by atoms with E-state index in [2.05, 4.69) is 16.9 Å². The van der Waals surface area contributed by atoms with Crippen molar-refractivity contribution in [1.29, 1.82) is 0 Å². The maximum absolute atomic E-state index is 11.4. The Labute approximate surface area is 104 Å². The van der Waals surface area contributed by atoms with E-state index < -0.39 is 0 Å². The fourth-order valence-electron chi connectivity index (χ4n) is 1.30. The third kappa shape index (κ3) is 11.9. The first-order valence-electron chi connectivity index (χ1n) is 5.96. The maximum Gasteiger partial charge on any atom is 0.221 e. The lowest BCUT2D eigenvalue weighted by molar-refractivity contribution is -0.122. The lowest BCUT2D eigenvalue weighted by Gasteiger charge is -2.20. The van der Waals surface area contributed by atoms with Gasteiger partial charge in [-0.25, -0.2) is 0 Å². The van der Waals surface area contributed by atoms with E-state index in [9.17, 15) is 4.79 Å². The first kappa shape index (κ1) is 15.8. The van der Waals surface area contributed by atoms with Gasteiger partial charge in [-0.2, -0.15) is 11.8 Å². The van der Waals surface area contributed by atoms with Gasteiger partial charge in [-0.3, -0.25) is 4.79 Å². The number of rotatable bonds is 8. The first-order valence-corrected chi connectivity index (χ1v) is 7.36. The van der Waals surface area contributed by atoms with E-state index in [0.29, 0.717) is 6.42 Å². The number of amides is 1. The van der Waals surface area contributed by atoms with Gasteiger partial charge in [-0.15, -0.1) is 0 Å². The van der Waals surface area contributed by atoms with Crippen LogP contribution in [0.3, 0.4) is 0 Å². The zero-order valence-corrected chi connectivity index (χ0v) is 11.9. The van der Waals surface area contributed by atoms with Crippen molar-refractivity contribution in [3.8, 4) is 0 Å². The standard InChI is InChI=1S/C12H26N2OS/c1-12(2,3)14-11(15)7-9-13-8-5-6-10-16-4/h13H,5-10H2,1-4H3,(H,14,15). The van der Waals surface area contributed by atoms with Crippen molar-refractivity contribution in [2.75, 3.05) is 25.1 Å². The molecule has 1 amide bonds. The maximum atomic E-state index is 11.4. The second-order valence-corrected chi connectivity index (χ2v) is 5.98. The van der Waals surface area contributed by atoms with Gasteiger partial charge < -0.3 is 10.6 Å². The molecule has 0 spiro atoms. The van der Waals surface area contributed by atoms with Crippen LogP contribution in [0.15, 0.2) is 0 Å². The molecular formula is C12H26N2OS. The lowest BCUT2D eigenvalue weighted by atomic mass is 10.1. The van der Waals surface area contributed by atoms with Crippen molar-refractivity contribution in [3.05, 3.63) is 0 Å². The summed E-state index contributed by atoms with van der Waals surface area (Å²) in [4.78, 5) is 11.4. The van der Waals surface area contributed by atoms with Gasteiger partial charge in [0.1, 0.15) is 0 Å². The quantitative estimate of drug-likeness (QED) is 0.644. The zero-order valence-electron chi connectivity index (χ0n) is 11.1. The molecule has 3 nitrogen and oxygen atoms in total. The summed E-state index contributed by atoms with van der Waals surface area (Å²) in [6, 6.07) is 0. The molecule has 2 N–H and O–H groups in total. The monoisotopic (exact) mass is 246 g/mol. The molecule has 0 bridgehead atoms. The molecule has 0 aliphatic carbocycles. The van der Waals surface area contributed by atoms with E-state index in [4.69, 9.17) is 0 Å². The van der Waals surface area contributed by atoms with Gasteiger partial charge in [0.25, 0.3) is 0 Å². The molecule has 0 aromatic heterocycles. The van der Waals surface area contributed by atoms with Crippen LogP contribution in [-0.4, -0.2) is 36.5 Å². The largest absolute Gasteiger partial charge is 0.351 e. The highest BCUT2D eigenvalue weighted by Crippen LogP contribution is 1.99. The molecule has 0 aliphatic rings. The number of unbranched alkanes of at least 4 members (excludes halogenated alkanes) is 1. The van der Waals surface area contributed by atoms with Crippen LogP contribution < -0.4 is 10.6 Å². The number of thioether (sulfide) groups is 1. The van der Waals surface area contributed by atoms with Crippen molar-refractivity contribution < 1.29 is 4.79 Å². The average molecular weight is 246 g/mol. The van der Waals surface area contributed by atoms with Crippen molar-refractivity contribution in [3.63, 3.8) is 0 Å². The summed E-state index contributed by atoms with van der Waals surface area (Å²) < 4.78 is 0. The second kappa shape index (κ2) is 8.88. The predicted octanol–water partition coefficient (Wildman–Crippen LogP) is 2.02. The van der Waals surface area contributed by atoms with Crippen LogP contribution in [0.5, 0.6) is 0 Å². The molecule has 0 rings (SSSR count). The molecule has 0 atom stereocenters. The highest BCUT2D eigenvalue weighted by molar-refractivity contribution is 7.98. The lowest BCUT2D eigenvalue weighted by Crippen LogP contribution is -2.41. The van der Waals surface area contributed by atoms with E-state index in [1.54, 1.807) is 0 Å². The fraction of sp³-hybridized carbons (Fsp3) is 0.917. The van der Waals surface area contributed by atoms with Crippen LogP contribution in [0.1, 0.15) is 40.0 Å². The Balaban J connectivity index is 3.28. The van der Waals surface area contributed by atoms with E-state index >= 15 is 0 Å². The van der Waals surface area contributed by atoms with Gasteiger partial charge >= 0.3 is 0 Å².